The number of carboxylic acid groups (broad SMARTS) is 1. The van der Waals surface area contributed by atoms with Gasteiger partial charge in [-0.15, -0.1) is 0 Å². The number of nitro benzene ring substituents is 1. The largest absolute Gasteiger partial charge is 0.508 e. The highest BCUT2D eigenvalue weighted by molar-refractivity contribution is 7.66. The average Bonchev–Trinajstić information content (AvgIpc) is 3.90. The van der Waals surface area contributed by atoms with Gasteiger partial charge in [-0.3, -0.25) is 28.8 Å². The Morgan fingerprint density at radius 3 is 2.49 bits per heavy atom. The minimum Gasteiger partial charge on any atom is -0.508 e. The smallest absolute Gasteiger partial charge is 0.490 e. The molecule has 3 aromatic carbocycles. The topological polar surface area (TPSA) is 405 Å². The van der Waals surface area contributed by atoms with Gasteiger partial charge in [0.25, 0.3) is 11.6 Å². The molecule has 2 aliphatic heterocycles. The maximum absolute atomic E-state index is 13.4. The lowest BCUT2D eigenvalue weighted by atomic mass is 9.89. The lowest BCUT2D eigenvalue weighted by Crippen LogP contribution is -2.26. The molecule has 72 heavy (non-hydrogen) atoms. The second kappa shape index (κ2) is 20.1. The first-order valence-electron chi connectivity index (χ1n) is 20.6. The van der Waals surface area contributed by atoms with Crippen LogP contribution in [0.3, 0.4) is 0 Å². The van der Waals surface area contributed by atoms with E-state index >= 15 is 0 Å². The van der Waals surface area contributed by atoms with Gasteiger partial charge < -0.3 is 54.7 Å². The van der Waals surface area contributed by atoms with Crippen LogP contribution in [0.1, 0.15) is 57.5 Å². The number of hydrogen-bond donors (Lipinski definition) is 9. The van der Waals surface area contributed by atoms with Gasteiger partial charge in [-0.2, -0.15) is 8.62 Å². The number of imidazole rings is 1. The van der Waals surface area contributed by atoms with Crippen molar-refractivity contribution in [3.63, 3.8) is 0 Å². The number of nitro groups is 1. The fraction of sp³-hybridized carbons (Fsp3) is 0.190. The summed E-state index contributed by atoms with van der Waals surface area (Å²) in [4.78, 5) is 99.3. The number of aliphatic hydroxyl groups excluding tert-OH is 1. The van der Waals surface area contributed by atoms with Crippen molar-refractivity contribution < 1.29 is 85.4 Å². The van der Waals surface area contributed by atoms with E-state index in [-0.39, 0.29) is 86.0 Å². The number of carbonyl (C=O) groups is 2. The van der Waals surface area contributed by atoms with Crippen molar-refractivity contribution in [2.24, 2.45) is 0 Å². The molecule has 4 heterocycles. The van der Waals surface area contributed by atoms with Crippen LogP contribution in [0.4, 0.5) is 11.5 Å². The van der Waals surface area contributed by atoms with Crippen molar-refractivity contribution in [1.82, 2.24) is 24.8 Å². The normalized spacial score (nSPS) is 17.9. The number of hydrogen-bond acceptors (Lipinski definition) is 19. The zero-order chi connectivity index (χ0) is 51.9. The van der Waals surface area contributed by atoms with Crippen molar-refractivity contribution in [1.29, 1.82) is 0 Å². The Morgan fingerprint density at radius 1 is 0.972 bits per heavy atom. The molecule has 8 rings (SSSR count). The molecule has 1 fully saturated rings. The van der Waals surface area contributed by atoms with Gasteiger partial charge >= 0.3 is 29.4 Å². The number of phosphoric acid groups is 3. The second-order valence-corrected chi connectivity index (χ2v) is 20.0. The zero-order valence-corrected chi connectivity index (χ0v) is 39.2. The molecule has 3 unspecified atom stereocenters. The summed E-state index contributed by atoms with van der Waals surface area (Å²) in [5.41, 5.74) is 0.961. The number of aromatic hydroxyl groups is 1. The Hall–Kier alpha value is -7.27. The molecule has 0 spiro atoms. The molecule has 6 atom stereocenters. The van der Waals surface area contributed by atoms with E-state index < -0.39 is 71.4 Å². The number of nitrogens with zero attached hydrogens (tertiary/aromatic N) is 5. The van der Waals surface area contributed by atoms with E-state index in [0.29, 0.717) is 16.5 Å². The monoisotopic (exact) mass is 1050 g/mol. The summed E-state index contributed by atoms with van der Waals surface area (Å²) < 4.78 is 59.7. The third kappa shape index (κ3) is 11.4. The van der Waals surface area contributed by atoms with Gasteiger partial charge in [0, 0.05) is 52.3 Å². The van der Waals surface area contributed by atoms with Gasteiger partial charge in [-0.05, 0) is 67.1 Å². The van der Waals surface area contributed by atoms with Crippen molar-refractivity contribution >= 4 is 69.0 Å². The van der Waals surface area contributed by atoms with E-state index in [9.17, 15) is 63.3 Å². The maximum Gasteiger partial charge on any atom is 0.490 e. The van der Waals surface area contributed by atoms with Crippen LogP contribution in [0.25, 0.3) is 44.6 Å². The number of carbonyl (C=O) groups excluding carboxylic acids is 1. The summed E-state index contributed by atoms with van der Waals surface area (Å²) in [6, 6.07) is 15.6. The number of aromatic nitrogens is 4. The van der Waals surface area contributed by atoms with Crippen molar-refractivity contribution in [3.05, 3.63) is 128 Å². The maximum atomic E-state index is 13.4. The number of phenolic OH excluding ortho intramolecular Hbond substituents is 1. The van der Waals surface area contributed by atoms with Crippen LogP contribution in [0.5, 0.6) is 5.75 Å². The summed E-state index contributed by atoms with van der Waals surface area (Å²) in [6.07, 6.45) is -1.44. The number of phenols is 1. The standard InChI is InChI=1S/C42H36N7O20P3/c1-21(47-39-38-40(45-19-44-39)48(20-46-38)36-17-32(52)35(67-36)18-65-71(61,62)69-72(63,64)68-70(58,59)60)26-8-4-22(13-31(26)49(56)57)3-2-12-43-41(53)23-5-9-27(42(54)55)30(14-23)37-28-10-6-24(50)15-33(28)66-34-16-25(51)7-11-29(34)37/h4-11,13-16,19-21,32,35-36,50,52H,12,17-18H2,1H3,(H,43,53)(H,54,55)(H,61,62)(H,63,64)(H,44,45,47)(H2,58,59,60)/t21?,32-,35+,36+/m0/s1. The van der Waals surface area contributed by atoms with Crippen LogP contribution in [0.2, 0.25) is 0 Å². The molecule has 0 saturated carbocycles. The van der Waals surface area contributed by atoms with Crippen LogP contribution >= 0.6 is 23.5 Å². The van der Waals surface area contributed by atoms with E-state index in [4.69, 9.17) is 18.9 Å². The van der Waals surface area contributed by atoms with Crippen LogP contribution < -0.4 is 16.1 Å². The average molecular weight is 1050 g/mol. The second-order valence-electron chi connectivity index (χ2n) is 15.6. The molecule has 30 heteroatoms. The number of ether oxygens (including phenoxy) is 1. The molecule has 1 amide bonds. The lowest BCUT2D eigenvalue weighted by molar-refractivity contribution is -0.385. The van der Waals surface area contributed by atoms with Crippen molar-refractivity contribution in [2.75, 3.05) is 18.5 Å². The van der Waals surface area contributed by atoms with E-state index in [1.54, 1.807) is 6.92 Å². The first-order chi connectivity index (χ1) is 34.0. The van der Waals surface area contributed by atoms with Gasteiger partial charge in [0.2, 0.25) is 0 Å². The van der Waals surface area contributed by atoms with E-state index in [0.717, 1.165) is 6.33 Å². The summed E-state index contributed by atoms with van der Waals surface area (Å²) in [5.74, 6) is 3.72. The number of phosphoric ester groups is 1. The summed E-state index contributed by atoms with van der Waals surface area (Å²) in [7, 11) is -16.9. The molecule has 5 aromatic rings. The molecule has 374 valence electrons. The van der Waals surface area contributed by atoms with Crippen molar-refractivity contribution in [3.8, 4) is 40.0 Å². The van der Waals surface area contributed by atoms with Gasteiger partial charge in [0.1, 0.15) is 35.8 Å². The molecule has 1 aliphatic carbocycles. The lowest BCUT2D eigenvalue weighted by Gasteiger charge is -2.19. The third-order valence-corrected chi connectivity index (χ3v) is 14.6. The number of rotatable bonds is 16. The summed E-state index contributed by atoms with van der Waals surface area (Å²) >= 11 is 0. The van der Waals surface area contributed by atoms with Crippen molar-refractivity contribution in [2.45, 2.75) is 37.8 Å². The van der Waals surface area contributed by atoms with E-state index in [2.05, 4.69) is 50.6 Å². The number of fused-ring (bicyclic) bond motifs is 3. The molecule has 0 radical (unpaired) electrons. The number of amides is 1. The fourth-order valence-electron chi connectivity index (χ4n) is 7.70. The fourth-order valence-corrected chi connectivity index (χ4v) is 10.7. The van der Waals surface area contributed by atoms with Gasteiger partial charge in [-0.25, -0.2) is 33.4 Å². The molecule has 9 N–H and O–H groups in total. The van der Waals surface area contributed by atoms with Gasteiger partial charge in [0.15, 0.2) is 22.4 Å². The number of benzene rings is 4. The minimum atomic E-state index is -5.78. The van der Waals surface area contributed by atoms with Crippen LogP contribution in [0.15, 0.2) is 94.7 Å². The number of nitrogens with one attached hydrogen (secondary N) is 2. The van der Waals surface area contributed by atoms with E-state index in [1.165, 1.54) is 83.7 Å². The van der Waals surface area contributed by atoms with Gasteiger partial charge in [0.05, 0.1) is 47.7 Å². The highest BCUT2D eigenvalue weighted by atomic mass is 31.3. The predicted octanol–water partition coefficient (Wildman–Crippen LogP) is 4.96. The summed E-state index contributed by atoms with van der Waals surface area (Å²) in [6.45, 7) is 0.478. The number of anilines is 1. The molecular formula is C42H36N7O20P3. The Labute approximate surface area is 402 Å². The first kappa shape index (κ1) is 51.1. The first-order valence-corrected chi connectivity index (χ1v) is 25.2. The van der Waals surface area contributed by atoms with E-state index in [1.807, 2.05) is 0 Å². The molecule has 27 nitrogen and oxygen atoms in total. The quantitative estimate of drug-likeness (QED) is 0.0203. The number of aromatic carboxylic acids is 1. The van der Waals surface area contributed by atoms with Gasteiger partial charge in [-0.1, -0.05) is 11.8 Å². The Bertz CT molecular complexity index is 3570. The third-order valence-electron chi connectivity index (χ3n) is 10.8. The zero-order valence-electron chi connectivity index (χ0n) is 36.5. The number of carboxylic acids is 1. The molecule has 2 aromatic heterocycles. The Kier molecular flexibility index (Phi) is 14.3. The molecule has 1 saturated heterocycles. The predicted molar refractivity (Wildman–Crippen MR) is 247 cm³/mol. The highest BCUT2D eigenvalue weighted by Gasteiger charge is 2.43. The Morgan fingerprint density at radius 2 is 1.75 bits per heavy atom. The highest BCUT2D eigenvalue weighted by Crippen LogP contribution is 2.66. The van der Waals surface area contributed by atoms with Crippen LogP contribution in [-0.2, 0) is 31.6 Å². The molecule has 3 aliphatic rings. The SMILES string of the molecule is CC(Nc1ncnc2c1ncn2[C@H]1C[C@H](O)[C@@H](COP(=O)(O)OP(=O)(O)OP(=O)(O)O)O1)c1ccc(C#CCNC(=O)c2ccc(C(=O)O)c(-c3c4ccc(=O)cc-4oc4cc(O)ccc34)c2)cc1[N+](=O)[O-]. The summed E-state index contributed by atoms with van der Waals surface area (Å²) in [5, 5.41) is 49.3. The van der Waals surface area contributed by atoms with Crippen LogP contribution in [0, 0.1) is 22.0 Å². The molecular weight excluding hydrogens is 1020 g/mol. The number of aliphatic hydroxyl groups is 1. The molecule has 0 bridgehead atoms. The minimum absolute atomic E-state index is 0.0558. The van der Waals surface area contributed by atoms with Crippen LogP contribution in [-0.4, -0.2) is 96.6 Å². The Balaban J connectivity index is 0.937.